The molecule has 1 N–H and O–H groups in total. The third-order valence-corrected chi connectivity index (χ3v) is 2.80. The van der Waals surface area contributed by atoms with Crippen LogP contribution >= 0.6 is 0 Å². The molecule has 1 aliphatic heterocycles. The molecule has 2 amide bonds. The van der Waals surface area contributed by atoms with Gasteiger partial charge in [-0.15, -0.1) is 0 Å². The maximum absolute atomic E-state index is 11.9. The Morgan fingerprint density at radius 2 is 1.56 bits per heavy atom. The van der Waals surface area contributed by atoms with Crippen LogP contribution in [0.5, 0.6) is 0 Å². The first kappa shape index (κ1) is 12.0. The van der Waals surface area contributed by atoms with Crippen molar-refractivity contribution < 1.29 is 24.3 Å². The van der Waals surface area contributed by atoms with Crippen LogP contribution in [0.3, 0.4) is 0 Å². The molecule has 0 aromatic heterocycles. The second kappa shape index (κ2) is 4.06. The van der Waals surface area contributed by atoms with E-state index in [-0.39, 0.29) is 11.1 Å². The number of imide groups is 1. The lowest BCUT2D eigenvalue weighted by molar-refractivity contribution is -0.150. The second-order valence-corrected chi connectivity index (χ2v) is 3.87. The molecule has 2 rings (SSSR count). The summed E-state index contributed by atoms with van der Waals surface area (Å²) in [6.45, 7) is 1.22. The van der Waals surface area contributed by atoms with Gasteiger partial charge in [-0.05, 0) is 19.1 Å². The number of benzene rings is 1. The van der Waals surface area contributed by atoms with Crippen LogP contribution in [0.1, 0.15) is 27.6 Å². The van der Waals surface area contributed by atoms with E-state index in [9.17, 15) is 19.2 Å². The fourth-order valence-corrected chi connectivity index (χ4v) is 1.86. The highest BCUT2D eigenvalue weighted by Crippen LogP contribution is 2.24. The van der Waals surface area contributed by atoms with Crippen LogP contribution in [0, 0.1) is 0 Å². The highest BCUT2D eigenvalue weighted by molar-refractivity contribution is 6.36. The molecule has 1 atom stereocenters. The molecular formula is C12H9NO5. The van der Waals surface area contributed by atoms with Crippen molar-refractivity contribution in [2.24, 2.45) is 0 Å². The van der Waals surface area contributed by atoms with Crippen LogP contribution in [0.2, 0.25) is 0 Å². The van der Waals surface area contributed by atoms with Crippen molar-refractivity contribution in [1.82, 2.24) is 4.90 Å². The van der Waals surface area contributed by atoms with E-state index in [1.807, 2.05) is 0 Å². The summed E-state index contributed by atoms with van der Waals surface area (Å²) in [6, 6.07) is 4.81. The van der Waals surface area contributed by atoms with E-state index in [4.69, 9.17) is 5.11 Å². The van der Waals surface area contributed by atoms with Gasteiger partial charge in [0.25, 0.3) is 17.6 Å². The van der Waals surface area contributed by atoms with Gasteiger partial charge in [-0.25, -0.2) is 4.79 Å². The fraction of sp³-hybridized carbons (Fsp3) is 0.167. The summed E-state index contributed by atoms with van der Waals surface area (Å²) >= 11 is 0. The lowest BCUT2D eigenvalue weighted by Crippen LogP contribution is -2.45. The van der Waals surface area contributed by atoms with Gasteiger partial charge in [-0.1, -0.05) is 12.1 Å². The SMILES string of the molecule is C[C@H](C(=O)C(=O)O)N1C(=O)c2ccccc2C1=O. The van der Waals surface area contributed by atoms with Crippen LogP contribution in [0.25, 0.3) is 0 Å². The predicted octanol–water partition coefficient (Wildman–Crippen LogP) is 0.325. The molecule has 0 aliphatic carbocycles. The maximum atomic E-state index is 11.9. The van der Waals surface area contributed by atoms with Crippen molar-refractivity contribution in [3.8, 4) is 0 Å². The van der Waals surface area contributed by atoms with E-state index in [1.54, 1.807) is 12.1 Å². The molecule has 0 unspecified atom stereocenters. The topological polar surface area (TPSA) is 91.8 Å². The number of rotatable bonds is 3. The Morgan fingerprint density at radius 1 is 1.11 bits per heavy atom. The number of carbonyl (C=O) groups excluding carboxylic acids is 3. The summed E-state index contributed by atoms with van der Waals surface area (Å²) in [5.74, 6) is -4.14. The van der Waals surface area contributed by atoms with Crippen LogP contribution in [0.4, 0.5) is 0 Å². The van der Waals surface area contributed by atoms with Gasteiger partial charge in [0.1, 0.15) is 6.04 Å². The lowest BCUT2D eigenvalue weighted by Gasteiger charge is -2.19. The molecule has 0 spiro atoms. The van der Waals surface area contributed by atoms with Gasteiger partial charge in [-0.3, -0.25) is 19.3 Å². The number of Topliss-reactive ketones (excluding diaryl/α,β-unsaturated/α-hetero) is 1. The Morgan fingerprint density at radius 3 is 1.94 bits per heavy atom. The Kier molecular flexibility index (Phi) is 2.70. The van der Waals surface area contributed by atoms with Gasteiger partial charge >= 0.3 is 5.97 Å². The zero-order valence-corrected chi connectivity index (χ0v) is 9.41. The van der Waals surface area contributed by atoms with Crippen LogP contribution in [-0.4, -0.2) is 39.6 Å². The van der Waals surface area contributed by atoms with Gasteiger partial charge < -0.3 is 5.11 Å². The first-order chi connectivity index (χ1) is 8.45. The number of hydrogen-bond acceptors (Lipinski definition) is 4. The smallest absolute Gasteiger partial charge is 0.374 e. The highest BCUT2D eigenvalue weighted by atomic mass is 16.4. The zero-order valence-electron chi connectivity index (χ0n) is 9.41. The van der Waals surface area contributed by atoms with E-state index >= 15 is 0 Å². The standard InChI is InChI=1S/C12H9NO5/c1-6(9(14)12(17)18)13-10(15)7-4-2-3-5-8(7)11(13)16/h2-6H,1H3,(H,17,18)/t6-/m1/s1. The van der Waals surface area contributed by atoms with Crippen molar-refractivity contribution in [1.29, 1.82) is 0 Å². The Balaban J connectivity index is 2.40. The largest absolute Gasteiger partial charge is 0.475 e. The average Bonchev–Trinajstić information content (AvgIpc) is 2.61. The fourth-order valence-electron chi connectivity index (χ4n) is 1.86. The van der Waals surface area contributed by atoms with E-state index in [2.05, 4.69) is 0 Å². The normalized spacial score (nSPS) is 15.5. The minimum absolute atomic E-state index is 0.188. The summed E-state index contributed by atoms with van der Waals surface area (Å²) in [5.41, 5.74) is 0.375. The first-order valence-electron chi connectivity index (χ1n) is 5.19. The van der Waals surface area contributed by atoms with Crippen LogP contribution in [-0.2, 0) is 9.59 Å². The molecule has 1 aliphatic rings. The first-order valence-corrected chi connectivity index (χ1v) is 5.19. The van der Waals surface area contributed by atoms with Crippen molar-refractivity contribution >= 4 is 23.6 Å². The molecular weight excluding hydrogens is 238 g/mol. The molecule has 0 bridgehead atoms. The average molecular weight is 247 g/mol. The van der Waals surface area contributed by atoms with Gasteiger partial charge in [0.2, 0.25) is 0 Å². The lowest BCUT2D eigenvalue weighted by atomic mass is 10.1. The monoisotopic (exact) mass is 247 g/mol. The predicted molar refractivity (Wildman–Crippen MR) is 59.0 cm³/mol. The van der Waals surface area contributed by atoms with E-state index in [1.165, 1.54) is 19.1 Å². The van der Waals surface area contributed by atoms with Crippen molar-refractivity contribution in [2.45, 2.75) is 13.0 Å². The maximum Gasteiger partial charge on any atom is 0.374 e. The molecule has 92 valence electrons. The van der Waals surface area contributed by atoms with Gasteiger partial charge in [0, 0.05) is 0 Å². The highest BCUT2D eigenvalue weighted by Gasteiger charge is 2.41. The summed E-state index contributed by atoms with van der Waals surface area (Å²) in [5, 5.41) is 8.60. The number of carboxylic acids is 1. The number of nitrogens with zero attached hydrogens (tertiary/aromatic N) is 1. The Bertz CT molecular complexity index is 543. The van der Waals surface area contributed by atoms with Gasteiger partial charge in [0.05, 0.1) is 11.1 Å². The number of fused-ring (bicyclic) bond motifs is 1. The Hall–Kier alpha value is -2.50. The molecule has 1 heterocycles. The van der Waals surface area contributed by atoms with Crippen molar-refractivity contribution in [3.05, 3.63) is 35.4 Å². The number of amides is 2. The molecule has 0 saturated heterocycles. The summed E-state index contributed by atoms with van der Waals surface area (Å²) in [6.07, 6.45) is 0. The minimum Gasteiger partial charge on any atom is -0.475 e. The van der Waals surface area contributed by atoms with Gasteiger partial charge in [-0.2, -0.15) is 0 Å². The number of ketones is 1. The summed E-state index contributed by atoms with van der Waals surface area (Å²) in [7, 11) is 0. The van der Waals surface area contributed by atoms with E-state index < -0.39 is 29.6 Å². The molecule has 6 nitrogen and oxygen atoms in total. The number of carbonyl (C=O) groups is 4. The molecule has 0 saturated carbocycles. The quantitative estimate of drug-likeness (QED) is 0.613. The minimum atomic E-state index is -1.67. The third-order valence-electron chi connectivity index (χ3n) is 2.80. The van der Waals surface area contributed by atoms with Gasteiger partial charge in [0.15, 0.2) is 0 Å². The molecule has 6 heteroatoms. The molecule has 0 radical (unpaired) electrons. The number of aliphatic carboxylic acids is 1. The second-order valence-electron chi connectivity index (χ2n) is 3.87. The molecule has 1 aromatic carbocycles. The third kappa shape index (κ3) is 1.58. The van der Waals surface area contributed by atoms with E-state index in [0.29, 0.717) is 4.90 Å². The van der Waals surface area contributed by atoms with Crippen LogP contribution in [0.15, 0.2) is 24.3 Å². The molecule has 1 aromatic rings. The summed E-state index contributed by atoms with van der Waals surface area (Å²) in [4.78, 5) is 46.5. The number of carboxylic acid groups (broad SMARTS) is 1. The number of hydrogen-bond donors (Lipinski definition) is 1. The van der Waals surface area contributed by atoms with Crippen LogP contribution < -0.4 is 0 Å². The van der Waals surface area contributed by atoms with Crippen molar-refractivity contribution in [3.63, 3.8) is 0 Å². The van der Waals surface area contributed by atoms with Crippen molar-refractivity contribution in [2.75, 3.05) is 0 Å². The summed E-state index contributed by atoms with van der Waals surface area (Å²) < 4.78 is 0. The zero-order chi connectivity index (χ0) is 13.4. The Labute approximate surface area is 102 Å². The molecule has 0 fully saturated rings. The molecule has 18 heavy (non-hydrogen) atoms. The van der Waals surface area contributed by atoms with E-state index in [0.717, 1.165) is 0 Å².